The summed E-state index contributed by atoms with van der Waals surface area (Å²) in [6.45, 7) is 0. The van der Waals surface area contributed by atoms with E-state index in [9.17, 15) is 9.59 Å². The van der Waals surface area contributed by atoms with Crippen LogP contribution in [-0.2, 0) is 0 Å². The normalized spacial score (nSPS) is 11.1. The molecule has 2 aromatic carbocycles. The number of hydrogen-bond acceptors (Lipinski definition) is 5. The van der Waals surface area contributed by atoms with E-state index >= 15 is 0 Å². The third kappa shape index (κ3) is 3.25. The molecule has 7 heteroatoms. The summed E-state index contributed by atoms with van der Waals surface area (Å²) in [6.07, 6.45) is 2.89. The first-order chi connectivity index (χ1) is 13.2. The van der Waals surface area contributed by atoms with Crippen molar-refractivity contribution in [3.8, 4) is 5.69 Å². The van der Waals surface area contributed by atoms with Gasteiger partial charge in [0.1, 0.15) is 5.76 Å². The van der Waals surface area contributed by atoms with Gasteiger partial charge in [-0.15, -0.1) is 0 Å². The van der Waals surface area contributed by atoms with Crippen LogP contribution in [0.25, 0.3) is 16.5 Å². The van der Waals surface area contributed by atoms with Crippen molar-refractivity contribution in [2.24, 2.45) is 5.10 Å². The lowest BCUT2D eigenvalue weighted by molar-refractivity contribution is 0.0950. The summed E-state index contributed by atoms with van der Waals surface area (Å²) >= 11 is 0. The summed E-state index contributed by atoms with van der Waals surface area (Å²) in [5.41, 5.74) is 2.79. The van der Waals surface area contributed by atoms with Crippen LogP contribution in [-0.4, -0.2) is 21.9 Å². The second-order valence-electron chi connectivity index (χ2n) is 5.66. The SMILES string of the molecule is O=C(N/N=C\c1ccco1)c1nn(-c2ccccc2)c(=O)c2ccccc12. The number of benzene rings is 2. The monoisotopic (exact) mass is 358 g/mol. The summed E-state index contributed by atoms with van der Waals surface area (Å²) in [4.78, 5) is 25.4. The summed E-state index contributed by atoms with van der Waals surface area (Å²) in [6, 6.07) is 19.2. The largest absolute Gasteiger partial charge is 0.463 e. The second-order valence-corrected chi connectivity index (χ2v) is 5.66. The fraction of sp³-hybridized carbons (Fsp3) is 0. The van der Waals surface area contributed by atoms with E-state index in [2.05, 4.69) is 15.6 Å². The van der Waals surface area contributed by atoms with Crippen LogP contribution in [0.1, 0.15) is 16.2 Å². The summed E-state index contributed by atoms with van der Waals surface area (Å²) in [5, 5.41) is 9.02. The van der Waals surface area contributed by atoms with Gasteiger partial charge >= 0.3 is 0 Å². The van der Waals surface area contributed by atoms with Gasteiger partial charge in [0.05, 0.1) is 23.6 Å². The number of amides is 1. The molecule has 0 saturated heterocycles. The molecule has 4 aromatic rings. The number of nitrogens with one attached hydrogen (secondary N) is 1. The average Bonchev–Trinajstić information content (AvgIpc) is 3.22. The Morgan fingerprint density at radius 1 is 1.00 bits per heavy atom. The van der Waals surface area contributed by atoms with Crippen molar-refractivity contribution in [2.45, 2.75) is 0 Å². The fourth-order valence-corrected chi connectivity index (χ4v) is 2.67. The molecular formula is C20H14N4O3. The van der Waals surface area contributed by atoms with E-state index in [1.54, 1.807) is 60.7 Å². The maximum Gasteiger partial charge on any atom is 0.292 e. The Morgan fingerprint density at radius 3 is 2.48 bits per heavy atom. The topological polar surface area (TPSA) is 89.5 Å². The molecule has 27 heavy (non-hydrogen) atoms. The molecule has 132 valence electrons. The Bertz CT molecular complexity index is 1180. The van der Waals surface area contributed by atoms with Crippen molar-refractivity contribution in [2.75, 3.05) is 0 Å². The van der Waals surface area contributed by atoms with Crippen LogP contribution in [0, 0.1) is 0 Å². The molecule has 0 saturated carbocycles. The van der Waals surface area contributed by atoms with Crippen molar-refractivity contribution in [3.63, 3.8) is 0 Å². The van der Waals surface area contributed by atoms with E-state index in [-0.39, 0.29) is 11.3 Å². The highest BCUT2D eigenvalue weighted by Crippen LogP contribution is 2.15. The van der Waals surface area contributed by atoms with Crippen molar-refractivity contribution in [3.05, 3.63) is 94.8 Å². The summed E-state index contributed by atoms with van der Waals surface area (Å²) in [7, 11) is 0. The molecule has 0 fully saturated rings. The number of nitrogens with zero attached hydrogens (tertiary/aromatic N) is 3. The molecule has 2 aromatic heterocycles. The average molecular weight is 358 g/mol. The van der Waals surface area contributed by atoms with E-state index in [0.29, 0.717) is 22.2 Å². The first-order valence-corrected chi connectivity index (χ1v) is 8.18. The molecule has 0 bridgehead atoms. The number of para-hydroxylation sites is 1. The maximum atomic E-state index is 12.8. The van der Waals surface area contributed by atoms with Crippen molar-refractivity contribution >= 4 is 22.9 Å². The highest BCUT2D eigenvalue weighted by molar-refractivity contribution is 6.05. The lowest BCUT2D eigenvalue weighted by Gasteiger charge is -2.10. The Hall–Kier alpha value is -4.00. The molecule has 0 aliphatic heterocycles. The van der Waals surface area contributed by atoms with Crippen molar-refractivity contribution in [1.82, 2.24) is 15.2 Å². The van der Waals surface area contributed by atoms with Crippen LogP contribution in [0.4, 0.5) is 0 Å². The fourth-order valence-electron chi connectivity index (χ4n) is 2.67. The van der Waals surface area contributed by atoms with Gasteiger partial charge in [0.15, 0.2) is 5.69 Å². The van der Waals surface area contributed by atoms with Gasteiger partial charge in [-0.2, -0.15) is 14.9 Å². The standard InChI is InChI=1S/C20H14N4O3/c25-19(22-21-13-15-9-6-12-27-15)18-16-10-4-5-11-17(16)20(26)24(23-18)14-7-2-1-3-8-14/h1-13H,(H,22,25)/b21-13-. The third-order valence-corrected chi connectivity index (χ3v) is 3.92. The van der Waals surface area contributed by atoms with E-state index < -0.39 is 5.91 Å². The molecular weight excluding hydrogens is 344 g/mol. The van der Waals surface area contributed by atoms with Gasteiger partial charge in [0.2, 0.25) is 0 Å². The first-order valence-electron chi connectivity index (χ1n) is 8.18. The zero-order chi connectivity index (χ0) is 18.6. The minimum Gasteiger partial charge on any atom is -0.463 e. The molecule has 0 aliphatic rings. The molecule has 0 spiro atoms. The van der Waals surface area contributed by atoms with Crippen LogP contribution in [0.15, 0.2) is 87.3 Å². The first kappa shape index (κ1) is 16.5. The van der Waals surface area contributed by atoms with Gasteiger partial charge in [0, 0.05) is 5.39 Å². The minimum absolute atomic E-state index is 0.102. The van der Waals surface area contributed by atoms with Crippen molar-refractivity contribution in [1.29, 1.82) is 0 Å². The Morgan fingerprint density at radius 2 is 1.74 bits per heavy atom. The number of hydrazone groups is 1. The van der Waals surface area contributed by atoms with Gasteiger partial charge in [-0.3, -0.25) is 9.59 Å². The van der Waals surface area contributed by atoms with Gasteiger partial charge in [-0.1, -0.05) is 36.4 Å². The quantitative estimate of drug-likeness (QED) is 0.449. The van der Waals surface area contributed by atoms with Gasteiger partial charge < -0.3 is 4.42 Å². The summed E-state index contributed by atoms with van der Waals surface area (Å²) < 4.78 is 6.34. The highest BCUT2D eigenvalue weighted by atomic mass is 16.3. The third-order valence-electron chi connectivity index (χ3n) is 3.92. The predicted molar refractivity (Wildman–Crippen MR) is 101 cm³/mol. The number of carbonyl (C=O) groups is 1. The zero-order valence-electron chi connectivity index (χ0n) is 14.1. The van der Waals surface area contributed by atoms with Gasteiger partial charge in [-0.05, 0) is 30.3 Å². The number of aromatic nitrogens is 2. The van der Waals surface area contributed by atoms with Crippen LogP contribution < -0.4 is 11.0 Å². The zero-order valence-corrected chi connectivity index (χ0v) is 14.1. The number of hydrogen-bond donors (Lipinski definition) is 1. The van der Waals surface area contributed by atoms with Gasteiger partial charge in [-0.25, -0.2) is 5.43 Å². The second kappa shape index (κ2) is 7.09. The van der Waals surface area contributed by atoms with Crippen LogP contribution in [0.2, 0.25) is 0 Å². The molecule has 0 aliphatic carbocycles. The Labute approximate surface area is 153 Å². The Kier molecular flexibility index (Phi) is 4.32. The number of fused-ring (bicyclic) bond motifs is 1. The molecule has 7 nitrogen and oxygen atoms in total. The molecule has 0 unspecified atom stereocenters. The summed E-state index contributed by atoms with van der Waals surface area (Å²) in [5.74, 6) is -0.0268. The highest BCUT2D eigenvalue weighted by Gasteiger charge is 2.17. The number of carbonyl (C=O) groups excluding carboxylic acids is 1. The van der Waals surface area contributed by atoms with Crippen LogP contribution in [0.5, 0.6) is 0 Å². The number of rotatable bonds is 4. The smallest absolute Gasteiger partial charge is 0.292 e. The molecule has 2 heterocycles. The van der Waals surface area contributed by atoms with E-state index in [1.807, 2.05) is 6.07 Å². The minimum atomic E-state index is -0.529. The lowest BCUT2D eigenvalue weighted by Crippen LogP contribution is -2.28. The molecule has 1 N–H and O–H groups in total. The van der Waals surface area contributed by atoms with Crippen molar-refractivity contribution < 1.29 is 9.21 Å². The maximum absolute atomic E-state index is 12.8. The molecule has 0 radical (unpaired) electrons. The molecule has 4 rings (SSSR count). The molecule has 1 amide bonds. The Balaban J connectivity index is 1.78. The number of furan rings is 1. The van der Waals surface area contributed by atoms with Crippen LogP contribution in [0.3, 0.4) is 0 Å². The molecule has 0 atom stereocenters. The lowest BCUT2D eigenvalue weighted by atomic mass is 10.1. The predicted octanol–water partition coefficient (Wildman–Crippen LogP) is 2.74. The van der Waals surface area contributed by atoms with E-state index in [1.165, 1.54) is 17.2 Å². The van der Waals surface area contributed by atoms with E-state index in [4.69, 9.17) is 4.42 Å². The van der Waals surface area contributed by atoms with Gasteiger partial charge in [0.25, 0.3) is 11.5 Å². The van der Waals surface area contributed by atoms with Crippen LogP contribution >= 0.6 is 0 Å². The van der Waals surface area contributed by atoms with E-state index in [0.717, 1.165) is 0 Å².